The Morgan fingerprint density at radius 1 is 1.30 bits per heavy atom. The fourth-order valence-electron chi connectivity index (χ4n) is 1.81. The maximum Gasteiger partial charge on any atom is 0.156 e. The predicted octanol–water partition coefficient (Wildman–Crippen LogP) is 3.51. The van der Waals surface area contributed by atoms with E-state index in [0.717, 1.165) is 12.8 Å². The second kappa shape index (κ2) is 8.08. The smallest absolute Gasteiger partial charge is 0.156 e. The first-order chi connectivity index (χ1) is 9.06. The van der Waals surface area contributed by atoms with E-state index in [4.69, 9.17) is 10.2 Å². The lowest BCUT2D eigenvalue weighted by atomic mass is 9.91. The van der Waals surface area contributed by atoms with Crippen LogP contribution in [0, 0.1) is 12.8 Å². The fraction of sp³-hybridized carbons (Fsp3) is 0.529. The highest BCUT2D eigenvalue weighted by atomic mass is 16.5. The van der Waals surface area contributed by atoms with Crippen LogP contribution in [0.5, 0.6) is 0 Å². The van der Waals surface area contributed by atoms with E-state index in [9.17, 15) is 5.11 Å². The number of aliphatic hydroxyl groups excluding tert-OH is 1. The lowest BCUT2D eigenvalue weighted by Crippen LogP contribution is -2.15. The molecule has 1 atom stereocenters. The lowest BCUT2D eigenvalue weighted by Gasteiger charge is -2.15. The highest BCUT2D eigenvalue weighted by molar-refractivity contribution is 5.35. The van der Waals surface area contributed by atoms with Crippen LogP contribution in [-0.2, 0) is 12.8 Å². The molecular formula is C17H28O3. The molecule has 0 aromatic heterocycles. The molecule has 0 aliphatic rings. The summed E-state index contributed by atoms with van der Waals surface area (Å²) in [5.74, 6) is -1.09. The molecule has 0 aliphatic heterocycles. The van der Waals surface area contributed by atoms with Gasteiger partial charge in [-0.3, -0.25) is 0 Å². The first-order valence-electron chi connectivity index (χ1n) is 6.96. The minimum Gasteiger partial charge on any atom is -0.513 e. The summed E-state index contributed by atoms with van der Waals surface area (Å²) in [5.41, 5.74) is 4.05. The molecule has 1 rings (SSSR count). The van der Waals surface area contributed by atoms with Crippen molar-refractivity contribution in [2.75, 3.05) is 0 Å². The first kappa shape index (κ1) is 18.7. The second-order valence-corrected chi connectivity index (χ2v) is 5.66. The third-order valence-corrected chi connectivity index (χ3v) is 2.97. The van der Waals surface area contributed by atoms with Crippen LogP contribution in [0.15, 0.2) is 30.5 Å². The van der Waals surface area contributed by atoms with Crippen molar-refractivity contribution in [2.24, 2.45) is 5.92 Å². The Kier molecular flexibility index (Phi) is 7.54. The summed E-state index contributed by atoms with van der Waals surface area (Å²) in [7, 11) is 0. The van der Waals surface area contributed by atoms with Crippen LogP contribution in [0.3, 0.4) is 0 Å². The van der Waals surface area contributed by atoms with E-state index in [1.165, 1.54) is 30.5 Å². The molecule has 0 unspecified atom stereocenters. The molecule has 0 saturated heterocycles. The van der Waals surface area contributed by atoms with E-state index < -0.39 is 5.79 Å². The van der Waals surface area contributed by atoms with Gasteiger partial charge in [0.2, 0.25) is 0 Å². The SMILES string of the molecule is C=C(O)[C@H](C)Cc1c(C)cccc1CC.CC(C)(O)O. The van der Waals surface area contributed by atoms with Crippen molar-refractivity contribution in [1.29, 1.82) is 0 Å². The molecule has 1 aromatic carbocycles. The number of allylic oxidation sites excluding steroid dienone is 1. The third kappa shape index (κ3) is 7.97. The molecule has 0 fully saturated rings. The molecule has 0 bridgehead atoms. The molecule has 114 valence electrons. The van der Waals surface area contributed by atoms with Crippen LogP contribution in [0.1, 0.15) is 44.4 Å². The molecule has 3 nitrogen and oxygen atoms in total. The van der Waals surface area contributed by atoms with Gasteiger partial charge < -0.3 is 15.3 Å². The van der Waals surface area contributed by atoms with Crippen molar-refractivity contribution >= 4 is 0 Å². The molecule has 20 heavy (non-hydrogen) atoms. The highest BCUT2D eigenvalue weighted by Crippen LogP contribution is 2.21. The molecule has 3 heteroatoms. The second-order valence-electron chi connectivity index (χ2n) is 5.66. The monoisotopic (exact) mass is 280 g/mol. The van der Waals surface area contributed by atoms with E-state index in [-0.39, 0.29) is 11.7 Å². The molecule has 0 radical (unpaired) electrons. The van der Waals surface area contributed by atoms with E-state index in [2.05, 4.69) is 38.6 Å². The van der Waals surface area contributed by atoms with Gasteiger partial charge in [-0.15, -0.1) is 0 Å². The van der Waals surface area contributed by atoms with Crippen LogP contribution in [-0.4, -0.2) is 21.1 Å². The van der Waals surface area contributed by atoms with E-state index >= 15 is 0 Å². The van der Waals surface area contributed by atoms with Gasteiger partial charge in [-0.25, -0.2) is 0 Å². The van der Waals surface area contributed by atoms with E-state index in [0.29, 0.717) is 0 Å². The van der Waals surface area contributed by atoms with Gasteiger partial charge >= 0.3 is 0 Å². The Labute approximate surface area is 122 Å². The van der Waals surface area contributed by atoms with Crippen LogP contribution >= 0.6 is 0 Å². The Bertz CT molecular complexity index is 424. The number of benzene rings is 1. The van der Waals surface area contributed by atoms with Crippen LogP contribution < -0.4 is 0 Å². The number of hydrogen-bond acceptors (Lipinski definition) is 3. The zero-order valence-electron chi connectivity index (χ0n) is 13.3. The molecule has 0 spiro atoms. The summed E-state index contributed by atoms with van der Waals surface area (Å²) in [6, 6.07) is 6.38. The molecule has 0 saturated carbocycles. The standard InChI is InChI=1S/C14H20O.C3H8O2/c1-5-13-8-6-7-10(2)14(13)9-11(3)12(4)15;1-3(2,4)5/h6-8,11,15H,4-5,9H2,1-3H3;4-5H,1-2H3/t11-;/m1./s1. The van der Waals surface area contributed by atoms with Gasteiger partial charge in [-0.05, 0) is 50.3 Å². The van der Waals surface area contributed by atoms with Gasteiger partial charge in [-0.1, -0.05) is 38.6 Å². The Hall–Kier alpha value is -1.32. The van der Waals surface area contributed by atoms with Crippen molar-refractivity contribution in [1.82, 2.24) is 0 Å². The maximum absolute atomic E-state index is 9.34. The van der Waals surface area contributed by atoms with Gasteiger partial charge in [0.05, 0.1) is 5.76 Å². The average Bonchev–Trinajstić information content (AvgIpc) is 2.29. The van der Waals surface area contributed by atoms with Gasteiger partial charge in [0.25, 0.3) is 0 Å². The Morgan fingerprint density at radius 2 is 1.80 bits per heavy atom. The summed E-state index contributed by atoms with van der Waals surface area (Å²) in [6.07, 6.45) is 1.92. The normalized spacial score (nSPS) is 12.3. The Morgan fingerprint density at radius 3 is 2.20 bits per heavy atom. The summed E-state index contributed by atoms with van der Waals surface area (Å²) >= 11 is 0. The minimum absolute atomic E-state index is 0.136. The molecule has 0 amide bonds. The lowest BCUT2D eigenvalue weighted by molar-refractivity contribution is -0.127. The van der Waals surface area contributed by atoms with Crippen LogP contribution in [0.25, 0.3) is 0 Å². The van der Waals surface area contributed by atoms with Crippen molar-refractivity contribution in [3.8, 4) is 0 Å². The highest BCUT2D eigenvalue weighted by Gasteiger charge is 2.11. The van der Waals surface area contributed by atoms with Gasteiger partial charge in [-0.2, -0.15) is 0 Å². The molecule has 1 aromatic rings. The number of aliphatic hydroxyl groups is 3. The maximum atomic E-state index is 9.34. The predicted molar refractivity (Wildman–Crippen MR) is 83.7 cm³/mol. The first-order valence-corrected chi connectivity index (χ1v) is 6.96. The fourth-order valence-corrected chi connectivity index (χ4v) is 1.81. The van der Waals surface area contributed by atoms with Crippen molar-refractivity contribution in [2.45, 2.75) is 53.2 Å². The molecule has 3 N–H and O–H groups in total. The van der Waals surface area contributed by atoms with Crippen molar-refractivity contribution in [3.05, 3.63) is 47.2 Å². The quantitative estimate of drug-likeness (QED) is 0.584. The van der Waals surface area contributed by atoms with E-state index in [1.807, 2.05) is 6.92 Å². The summed E-state index contributed by atoms with van der Waals surface area (Å²) in [5, 5.41) is 25.5. The largest absolute Gasteiger partial charge is 0.513 e. The Balaban J connectivity index is 0.000000621. The van der Waals surface area contributed by atoms with Crippen molar-refractivity contribution in [3.63, 3.8) is 0 Å². The van der Waals surface area contributed by atoms with Gasteiger partial charge in [0.15, 0.2) is 5.79 Å². The topological polar surface area (TPSA) is 60.7 Å². The summed E-state index contributed by atoms with van der Waals surface area (Å²) < 4.78 is 0. The van der Waals surface area contributed by atoms with Crippen molar-refractivity contribution < 1.29 is 15.3 Å². The third-order valence-electron chi connectivity index (χ3n) is 2.97. The molecular weight excluding hydrogens is 252 g/mol. The van der Waals surface area contributed by atoms with Gasteiger partial charge in [0, 0.05) is 5.92 Å². The number of rotatable bonds is 4. The van der Waals surface area contributed by atoms with Crippen LogP contribution in [0.4, 0.5) is 0 Å². The summed E-state index contributed by atoms with van der Waals surface area (Å²) in [4.78, 5) is 0. The number of hydrogen-bond donors (Lipinski definition) is 3. The summed E-state index contributed by atoms with van der Waals surface area (Å²) in [6.45, 7) is 12.5. The average molecular weight is 280 g/mol. The zero-order chi connectivity index (χ0) is 15.9. The van der Waals surface area contributed by atoms with E-state index in [1.54, 1.807) is 0 Å². The molecule has 0 heterocycles. The molecule has 0 aliphatic carbocycles. The van der Waals surface area contributed by atoms with Gasteiger partial charge in [0.1, 0.15) is 0 Å². The zero-order valence-corrected chi connectivity index (χ0v) is 13.3. The van der Waals surface area contributed by atoms with Crippen LogP contribution in [0.2, 0.25) is 0 Å². The minimum atomic E-state index is -1.50. The number of aryl methyl sites for hydroxylation is 2.